The molecule has 0 spiro atoms. The first-order valence-electron chi connectivity index (χ1n) is 12.2. The van der Waals surface area contributed by atoms with Crippen molar-refractivity contribution in [3.63, 3.8) is 0 Å². The third-order valence-electron chi connectivity index (χ3n) is 6.49. The fourth-order valence-corrected chi connectivity index (χ4v) is 4.48. The summed E-state index contributed by atoms with van der Waals surface area (Å²) in [6.07, 6.45) is -0.586. The summed E-state index contributed by atoms with van der Waals surface area (Å²) in [6.45, 7) is 7.74. The molecule has 7 heteroatoms. The first-order valence-corrected chi connectivity index (χ1v) is 12.2. The lowest BCUT2D eigenvalue weighted by atomic mass is 9.92. The van der Waals surface area contributed by atoms with Gasteiger partial charge in [0, 0.05) is 5.56 Å². The maximum atomic E-state index is 13.3. The molecule has 0 aliphatic heterocycles. The van der Waals surface area contributed by atoms with E-state index in [4.69, 9.17) is 4.74 Å². The van der Waals surface area contributed by atoms with Crippen molar-refractivity contribution in [2.45, 2.75) is 58.2 Å². The molecule has 3 N–H and O–H groups in total. The van der Waals surface area contributed by atoms with Crippen LogP contribution in [0.3, 0.4) is 0 Å². The summed E-state index contributed by atoms with van der Waals surface area (Å²) in [6, 6.07) is 14.6. The van der Waals surface area contributed by atoms with Crippen molar-refractivity contribution in [3.05, 3.63) is 65.7 Å². The molecular formula is C28H36N2O5. The number of methoxy groups -OCH3 is 1. The Morgan fingerprint density at radius 1 is 0.971 bits per heavy atom. The molecule has 3 rings (SSSR count). The molecule has 0 heterocycles. The second-order valence-corrected chi connectivity index (χ2v) is 9.97. The molecule has 2 amide bonds. The molecule has 1 aliphatic rings. The molecule has 3 unspecified atom stereocenters. The van der Waals surface area contributed by atoms with E-state index >= 15 is 0 Å². The van der Waals surface area contributed by atoms with E-state index in [0.717, 1.165) is 5.56 Å². The normalized spacial score (nSPS) is 19.7. The van der Waals surface area contributed by atoms with Crippen LogP contribution in [0.5, 0.6) is 5.75 Å². The smallest absolute Gasteiger partial charge is 0.251 e. The Hall–Kier alpha value is -3.19. The molecule has 0 radical (unpaired) electrons. The number of ether oxygens (including phenoxy) is 1. The number of nitrogens with one attached hydrogen (secondary N) is 2. The van der Waals surface area contributed by atoms with E-state index in [2.05, 4.69) is 10.6 Å². The van der Waals surface area contributed by atoms with Crippen LogP contribution in [0.15, 0.2) is 54.6 Å². The second-order valence-electron chi connectivity index (χ2n) is 9.97. The maximum absolute atomic E-state index is 13.3. The summed E-state index contributed by atoms with van der Waals surface area (Å²) < 4.78 is 5.13. The van der Waals surface area contributed by atoms with Gasteiger partial charge >= 0.3 is 0 Å². The number of aliphatic hydroxyl groups is 1. The van der Waals surface area contributed by atoms with Crippen molar-refractivity contribution in [2.24, 2.45) is 17.8 Å². The van der Waals surface area contributed by atoms with Crippen LogP contribution in [0.4, 0.5) is 0 Å². The van der Waals surface area contributed by atoms with Crippen molar-refractivity contribution in [2.75, 3.05) is 7.11 Å². The first kappa shape index (κ1) is 26.4. The maximum Gasteiger partial charge on any atom is 0.251 e. The molecule has 7 nitrogen and oxygen atoms in total. The summed E-state index contributed by atoms with van der Waals surface area (Å²) in [4.78, 5) is 38.7. The van der Waals surface area contributed by atoms with Gasteiger partial charge in [-0.05, 0) is 48.1 Å². The highest BCUT2D eigenvalue weighted by Gasteiger charge is 2.56. The highest BCUT2D eigenvalue weighted by molar-refractivity contribution is 6.05. The topological polar surface area (TPSA) is 105 Å². The number of carbonyl (C=O) groups excluding carboxylic acids is 3. The Morgan fingerprint density at radius 2 is 1.60 bits per heavy atom. The number of ketones is 1. The van der Waals surface area contributed by atoms with Gasteiger partial charge < -0.3 is 20.5 Å². The Labute approximate surface area is 207 Å². The van der Waals surface area contributed by atoms with Gasteiger partial charge in [-0.1, -0.05) is 58.0 Å². The lowest BCUT2D eigenvalue weighted by Crippen LogP contribution is -2.55. The summed E-state index contributed by atoms with van der Waals surface area (Å²) in [5.41, 5.74) is 1.29. The monoisotopic (exact) mass is 480 g/mol. The predicted octanol–water partition coefficient (Wildman–Crippen LogP) is 3.32. The molecule has 2 aromatic carbocycles. The summed E-state index contributed by atoms with van der Waals surface area (Å²) in [5, 5.41) is 16.9. The van der Waals surface area contributed by atoms with E-state index in [1.54, 1.807) is 31.4 Å². The van der Waals surface area contributed by atoms with Gasteiger partial charge in [-0.25, -0.2) is 0 Å². The Bertz CT molecular complexity index is 1020. The van der Waals surface area contributed by atoms with Gasteiger partial charge in [-0.2, -0.15) is 0 Å². The van der Waals surface area contributed by atoms with Gasteiger partial charge in [0.1, 0.15) is 17.6 Å². The minimum absolute atomic E-state index is 0.0184. The van der Waals surface area contributed by atoms with Crippen LogP contribution in [0.1, 0.15) is 56.0 Å². The van der Waals surface area contributed by atoms with E-state index in [0.29, 0.717) is 17.7 Å². The molecule has 1 saturated carbocycles. The lowest BCUT2D eigenvalue weighted by Gasteiger charge is -2.30. The van der Waals surface area contributed by atoms with Crippen molar-refractivity contribution in [1.29, 1.82) is 0 Å². The van der Waals surface area contributed by atoms with Crippen LogP contribution < -0.4 is 15.4 Å². The zero-order valence-electron chi connectivity index (χ0n) is 21.0. The summed E-state index contributed by atoms with van der Waals surface area (Å²) in [5.74, 6) is -0.995. The number of benzene rings is 2. The second kappa shape index (κ2) is 11.5. The minimum Gasteiger partial charge on any atom is -0.497 e. The molecule has 35 heavy (non-hydrogen) atoms. The Balaban J connectivity index is 1.71. The number of aliphatic hydroxyl groups excluding tert-OH is 1. The number of carbonyl (C=O) groups is 3. The molecule has 188 valence electrons. The highest BCUT2D eigenvalue weighted by atomic mass is 16.5. The molecular weight excluding hydrogens is 444 g/mol. The summed E-state index contributed by atoms with van der Waals surface area (Å²) in [7, 11) is 1.55. The number of Topliss-reactive ketones (excluding diaryl/α,β-unsaturated/α-hetero) is 1. The van der Waals surface area contributed by atoms with Crippen molar-refractivity contribution >= 4 is 17.6 Å². The van der Waals surface area contributed by atoms with Gasteiger partial charge in [-0.15, -0.1) is 0 Å². The largest absolute Gasteiger partial charge is 0.497 e. The molecule has 2 aromatic rings. The number of rotatable bonds is 11. The first-order chi connectivity index (χ1) is 16.6. The Morgan fingerprint density at radius 3 is 2.14 bits per heavy atom. The van der Waals surface area contributed by atoms with Crippen LogP contribution in [-0.2, 0) is 9.59 Å². The third-order valence-corrected chi connectivity index (χ3v) is 6.49. The van der Waals surface area contributed by atoms with E-state index < -0.39 is 24.1 Å². The quantitative estimate of drug-likeness (QED) is 0.458. The fourth-order valence-electron chi connectivity index (χ4n) is 4.48. The molecule has 1 aliphatic carbocycles. The SMILES string of the molecule is COc1ccc(C(=O)NC(CC(C)C)C(=O)N[C@@H](C(C)C)[C@@H](O)C2C(=O)C2c2ccccc2)cc1. The molecule has 1 fully saturated rings. The zero-order chi connectivity index (χ0) is 25.7. The number of hydrogen-bond acceptors (Lipinski definition) is 5. The van der Waals surface area contributed by atoms with Gasteiger partial charge in [0.2, 0.25) is 5.91 Å². The van der Waals surface area contributed by atoms with Gasteiger partial charge in [0.05, 0.1) is 31.1 Å². The van der Waals surface area contributed by atoms with Crippen LogP contribution in [-0.4, -0.2) is 48.0 Å². The van der Waals surface area contributed by atoms with Gasteiger partial charge in [-0.3, -0.25) is 14.4 Å². The number of amides is 2. The molecule has 0 saturated heterocycles. The number of hydrogen-bond donors (Lipinski definition) is 3. The molecule has 0 bridgehead atoms. The van der Waals surface area contributed by atoms with Crippen LogP contribution in [0, 0.1) is 17.8 Å². The zero-order valence-corrected chi connectivity index (χ0v) is 21.0. The minimum atomic E-state index is -1.02. The average molecular weight is 481 g/mol. The Kier molecular flexibility index (Phi) is 8.67. The van der Waals surface area contributed by atoms with Crippen LogP contribution in [0.2, 0.25) is 0 Å². The molecule has 0 aromatic heterocycles. The third kappa shape index (κ3) is 6.48. The average Bonchev–Trinajstić information content (AvgIpc) is 3.52. The van der Waals surface area contributed by atoms with Gasteiger partial charge in [0.15, 0.2) is 0 Å². The van der Waals surface area contributed by atoms with Crippen LogP contribution in [0.25, 0.3) is 0 Å². The lowest BCUT2D eigenvalue weighted by molar-refractivity contribution is -0.126. The van der Waals surface area contributed by atoms with Crippen molar-refractivity contribution in [1.82, 2.24) is 10.6 Å². The highest BCUT2D eigenvalue weighted by Crippen LogP contribution is 2.46. The van der Waals surface area contributed by atoms with Crippen LogP contribution >= 0.6 is 0 Å². The standard InChI is InChI=1S/C28H36N2O5/c1-16(2)15-21(29-27(33)19-11-13-20(35-5)14-12-19)28(34)30-24(17(3)4)26(32)23-22(25(23)31)18-9-7-6-8-10-18/h6-14,16-17,21-24,26,32H,15H2,1-5H3,(H,29,33)(H,30,34)/t21?,22?,23?,24-,26-/m0/s1. The van der Waals surface area contributed by atoms with E-state index in [-0.39, 0.29) is 35.4 Å². The predicted molar refractivity (Wildman–Crippen MR) is 134 cm³/mol. The van der Waals surface area contributed by atoms with E-state index in [1.165, 1.54) is 0 Å². The summed E-state index contributed by atoms with van der Waals surface area (Å²) >= 11 is 0. The molecule has 5 atom stereocenters. The van der Waals surface area contributed by atoms with E-state index in [1.807, 2.05) is 58.0 Å². The van der Waals surface area contributed by atoms with Crippen molar-refractivity contribution in [3.8, 4) is 5.75 Å². The van der Waals surface area contributed by atoms with Crippen molar-refractivity contribution < 1.29 is 24.2 Å². The fraction of sp³-hybridized carbons (Fsp3) is 0.464. The van der Waals surface area contributed by atoms with Gasteiger partial charge in [0.25, 0.3) is 5.91 Å². The van der Waals surface area contributed by atoms with E-state index in [9.17, 15) is 19.5 Å².